The number of nitrogens with two attached hydrogens (primary N) is 1. The van der Waals surface area contributed by atoms with Crippen LogP contribution in [0.15, 0.2) is 24.5 Å². The summed E-state index contributed by atoms with van der Waals surface area (Å²) in [5, 5.41) is 10.0. The van der Waals surface area contributed by atoms with Crippen molar-refractivity contribution in [2.75, 3.05) is 13.1 Å². The lowest BCUT2D eigenvalue weighted by atomic mass is 10.0. The van der Waals surface area contributed by atoms with Gasteiger partial charge in [0.05, 0.1) is 0 Å². The van der Waals surface area contributed by atoms with Gasteiger partial charge in [0, 0.05) is 25.5 Å². The van der Waals surface area contributed by atoms with Gasteiger partial charge in [0.2, 0.25) is 5.91 Å². The van der Waals surface area contributed by atoms with Crippen LogP contribution >= 0.6 is 38.3 Å². The first-order chi connectivity index (χ1) is 8.20. The molecule has 2 heterocycles. The third-order valence-corrected chi connectivity index (χ3v) is 3.09. The van der Waals surface area contributed by atoms with Gasteiger partial charge in [0.1, 0.15) is 12.1 Å². The smallest absolute Gasteiger partial charge is 0.242 e. The number of amides is 1. The first kappa shape index (κ1) is 25.4. The minimum absolute atomic E-state index is 0. The lowest BCUT2D eigenvalue weighted by molar-refractivity contribution is -0.134. The summed E-state index contributed by atoms with van der Waals surface area (Å²) in [5.41, 5.74) is 6.44. The zero-order valence-corrected chi connectivity index (χ0v) is 13.6. The van der Waals surface area contributed by atoms with Crippen LogP contribution in [-0.4, -0.2) is 40.0 Å². The van der Waals surface area contributed by atoms with Gasteiger partial charge in [-0.25, -0.2) is 0 Å². The molecule has 1 saturated heterocycles. The van der Waals surface area contributed by atoms with Gasteiger partial charge in [0.15, 0.2) is 0 Å². The van der Waals surface area contributed by atoms with Gasteiger partial charge >= 0.3 is 0 Å². The summed E-state index contributed by atoms with van der Waals surface area (Å²) in [6, 6.07) is 2.44. The summed E-state index contributed by atoms with van der Waals surface area (Å²) < 4.78 is 0. The van der Waals surface area contributed by atoms with Gasteiger partial charge in [-0.2, -0.15) is 13.5 Å². The van der Waals surface area contributed by atoms with E-state index < -0.39 is 12.1 Å². The molecular formula is C13H25Cl2N3O2S. The Kier molecular flexibility index (Phi) is 14.6. The van der Waals surface area contributed by atoms with Crippen molar-refractivity contribution in [1.82, 2.24) is 9.88 Å². The fourth-order valence-electron chi connectivity index (χ4n) is 2.05. The maximum Gasteiger partial charge on any atom is 0.242 e. The number of aromatic nitrogens is 1. The highest BCUT2D eigenvalue weighted by atomic mass is 35.5. The summed E-state index contributed by atoms with van der Waals surface area (Å²) in [4.78, 5) is 17.6. The fraction of sp³-hybridized carbons (Fsp3) is 0.538. The Bertz CT molecular complexity index is 392. The van der Waals surface area contributed by atoms with Crippen molar-refractivity contribution in [3.05, 3.63) is 30.1 Å². The average Bonchev–Trinajstić information content (AvgIpc) is 2.91. The lowest BCUT2D eigenvalue weighted by Crippen LogP contribution is -2.45. The van der Waals surface area contributed by atoms with E-state index in [0.717, 1.165) is 25.9 Å². The number of carbonyl (C=O) groups is 1. The number of aliphatic hydroxyl groups is 1. The zero-order valence-electron chi connectivity index (χ0n) is 10.9. The number of halogens is 2. The molecule has 0 bridgehead atoms. The molecule has 1 aliphatic rings. The second-order valence-corrected chi connectivity index (χ2v) is 4.28. The second kappa shape index (κ2) is 12.1. The van der Waals surface area contributed by atoms with Crippen LogP contribution in [0.5, 0.6) is 0 Å². The number of carbonyl (C=O) groups excluding carboxylic acids is 1. The Morgan fingerprint density at radius 2 is 1.71 bits per heavy atom. The highest BCUT2D eigenvalue weighted by Crippen LogP contribution is 2.18. The van der Waals surface area contributed by atoms with Gasteiger partial charge in [-0.15, -0.1) is 24.8 Å². The van der Waals surface area contributed by atoms with Gasteiger partial charge in [-0.05, 0) is 30.5 Å². The number of rotatable bonds is 3. The minimum Gasteiger partial charge on any atom is -0.386 e. The summed E-state index contributed by atoms with van der Waals surface area (Å²) in [6.07, 6.45) is 4.22. The lowest BCUT2D eigenvalue weighted by Gasteiger charge is -2.23. The predicted molar refractivity (Wildman–Crippen MR) is 94.6 cm³/mol. The Hall–Kier alpha value is -0.530. The van der Waals surface area contributed by atoms with Crippen LogP contribution in [-0.2, 0) is 4.79 Å². The Labute approximate surface area is 145 Å². The van der Waals surface area contributed by atoms with Gasteiger partial charge in [0.25, 0.3) is 0 Å². The molecule has 1 aromatic rings. The van der Waals surface area contributed by atoms with Crippen molar-refractivity contribution in [1.29, 1.82) is 0 Å². The molecule has 0 aliphatic carbocycles. The normalized spacial score (nSPS) is 15.4. The monoisotopic (exact) mass is 357 g/mol. The van der Waals surface area contributed by atoms with E-state index in [1.54, 1.807) is 29.4 Å². The van der Waals surface area contributed by atoms with E-state index in [2.05, 4.69) is 4.98 Å². The molecule has 1 aliphatic heterocycles. The van der Waals surface area contributed by atoms with Crippen molar-refractivity contribution < 1.29 is 9.90 Å². The summed E-state index contributed by atoms with van der Waals surface area (Å²) in [6.45, 7) is 1.49. The molecule has 0 aromatic carbocycles. The molecule has 0 radical (unpaired) electrons. The van der Waals surface area contributed by atoms with Crippen LogP contribution in [0, 0.1) is 0 Å². The molecule has 1 amide bonds. The number of nitrogens with zero attached hydrogens (tertiary/aromatic N) is 2. The maximum absolute atomic E-state index is 12.0. The third-order valence-electron chi connectivity index (χ3n) is 3.09. The molecule has 2 atom stereocenters. The fourth-order valence-corrected chi connectivity index (χ4v) is 2.05. The third kappa shape index (κ3) is 6.40. The Morgan fingerprint density at radius 3 is 2.19 bits per heavy atom. The van der Waals surface area contributed by atoms with Gasteiger partial charge in [-0.3, -0.25) is 9.78 Å². The second-order valence-electron chi connectivity index (χ2n) is 4.28. The van der Waals surface area contributed by atoms with Crippen molar-refractivity contribution in [3.63, 3.8) is 0 Å². The Balaban J connectivity index is -0.000000810. The van der Waals surface area contributed by atoms with E-state index in [1.165, 1.54) is 0 Å². The summed E-state index contributed by atoms with van der Waals surface area (Å²) in [7, 11) is 0. The molecule has 0 saturated carbocycles. The van der Waals surface area contributed by atoms with Crippen molar-refractivity contribution in [2.24, 2.45) is 5.73 Å². The summed E-state index contributed by atoms with van der Waals surface area (Å²) >= 11 is 0. The van der Waals surface area contributed by atoms with E-state index in [1.807, 2.05) is 0 Å². The van der Waals surface area contributed by atoms with Crippen molar-refractivity contribution in [3.8, 4) is 0 Å². The van der Waals surface area contributed by atoms with Crippen LogP contribution in [0.3, 0.4) is 0 Å². The van der Waals surface area contributed by atoms with Gasteiger partial charge in [-0.1, -0.05) is 7.43 Å². The van der Waals surface area contributed by atoms with E-state index in [0.29, 0.717) is 5.56 Å². The Morgan fingerprint density at radius 1 is 1.24 bits per heavy atom. The van der Waals surface area contributed by atoms with E-state index in [-0.39, 0.29) is 51.6 Å². The zero-order chi connectivity index (χ0) is 12.3. The molecule has 1 aromatic heterocycles. The first-order valence-corrected chi connectivity index (χ1v) is 5.82. The van der Waals surface area contributed by atoms with Crippen LogP contribution in [0.2, 0.25) is 0 Å². The number of likely N-dealkylation sites (tertiary alicyclic amines) is 1. The molecule has 124 valence electrons. The van der Waals surface area contributed by atoms with Crippen LogP contribution in [0.25, 0.3) is 0 Å². The highest BCUT2D eigenvalue weighted by Gasteiger charge is 2.29. The molecule has 0 unspecified atom stereocenters. The van der Waals surface area contributed by atoms with Gasteiger partial charge < -0.3 is 15.7 Å². The molecule has 5 nitrogen and oxygen atoms in total. The number of hydrogen-bond donors (Lipinski definition) is 2. The number of aliphatic hydroxyl groups excluding tert-OH is 1. The van der Waals surface area contributed by atoms with Crippen molar-refractivity contribution >= 4 is 44.2 Å². The van der Waals surface area contributed by atoms with Crippen LogP contribution < -0.4 is 5.73 Å². The number of pyridine rings is 1. The SMILES string of the molecule is C.Cl.Cl.N[C@H](C(=O)N1CCCC1)[C@H](O)c1ccncc1.S. The topological polar surface area (TPSA) is 79.5 Å². The molecule has 3 N–H and O–H groups in total. The first-order valence-electron chi connectivity index (χ1n) is 5.82. The van der Waals surface area contributed by atoms with Crippen molar-refractivity contribution in [2.45, 2.75) is 32.4 Å². The predicted octanol–water partition coefficient (Wildman–Crippen LogP) is 1.66. The average molecular weight is 358 g/mol. The van der Waals surface area contributed by atoms with E-state index >= 15 is 0 Å². The largest absolute Gasteiger partial charge is 0.386 e. The molecule has 1 fully saturated rings. The molecule has 2 rings (SSSR count). The van der Waals surface area contributed by atoms with E-state index in [9.17, 15) is 9.90 Å². The molecule has 21 heavy (non-hydrogen) atoms. The molecule has 0 spiro atoms. The molecular weight excluding hydrogens is 333 g/mol. The number of hydrogen-bond acceptors (Lipinski definition) is 4. The minimum atomic E-state index is -0.967. The van der Waals surface area contributed by atoms with E-state index in [4.69, 9.17) is 5.73 Å². The maximum atomic E-state index is 12.0. The quantitative estimate of drug-likeness (QED) is 0.861. The van der Waals surface area contributed by atoms with Crippen LogP contribution in [0.4, 0.5) is 0 Å². The van der Waals surface area contributed by atoms with Crippen LogP contribution in [0.1, 0.15) is 31.9 Å². The summed E-state index contributed by atoms with van der Waals surface area (Å²) in [5.74, 6) is -0.174. The highest BCUT2D eigenvalue weighted by molar-refractivity contribution is 7.59. The standard InChI is InChI=1S/C12H17N3O2.CH4.2ClH.H2S/c13-10(12(17)15-7-1-2-8-15)11(16)9-3-5-14-6-4-9;;;;/h3-6,10-11,16H,1-2,7-8,13H2;1H4;2*1H;1H2/t10-,11+;;;;/m0..../s1. The molecule has 8 heteroatoms.